The molecular formula is C14H20O2. The number of fused-ring (bicyclic) bond motifs is 2. The van der Waals surface area contributed by atoms with Crippen LogP contribution in [0.15, 0.2) is 11.6 Å². The molecule has 1 saturated heterocycles. The van der Waals surface area contributed by atoms with Crippen LogP contribution in [0.1, 0.15) is 39.5 Å². The summed E-state index contributed by atoms with van der Waals surface area (Å²) in [6, 6.07) is 0. The van der Waals surface area contributed by atoms with Crippen molar-refractivity contribution in [1.82, 2.24) is 0 Å². The van der Waals surface area contributed by atoms with Crippen molar-refractivity contribution in [3.63, 3.8) is 0 Å². The summed E-state index contributed by atoms with van der Waals surface area (Å²) in [5.41, 5.74) is 1.55. The maximum atomic E-state index is 11.7. The highest BCUT2D eigenvalue weighted by molar-refractivity contribution is 5.77. The summed E-state index contributed by atoms with van der Waals surface area (Å²) < 4.78 is 5.36. The molecule has 16 heavy (non-hydrogen) atoms. The first-order valence-corrected chi connectivity index (χ1v) is 6.56. The van der Waals surface area contributed by atoms with Crippen LogP contribution in [0.2, 0.25) is 0 Å². The van der Waals surface area contributed by atoms with E-state index in [4.69, 9.17) is 4.74 Å². The number of hydrogen-bond acceptors (Lipinski definition) is 2. The fourth-order valence-corrected chi connectivity index (χ4v) is 3.72. The minimum Gasteiger partial charge on any atom is -0.462 e. The summed E-state index contributed by atoms with van der Waals surface area (Å²) in [6.45, 7) is 4.37. The molecule has 0 aromatic rings. The molecule has 0 N–H and O–H groups in total. The van der Waals surface area contributed by atoms with E-state index in [0.717, 1.165) is 11.8 Å². The van der Waals surface area contributed by atoms with Gasteiger partial charge in [-0.1, -0.05) is 18.6 Å². The first-order valence-electron chi connectivity index (χ1n) is 6.56. The predicted octanol–water partition coefficient (Wildman–Crippen LogP) is 2.93. The van der Waals surface area contributed by atoms with Crippen LogP contribution in [0.3, 0.4) is 0 Å². The van der Waals surface area contributed by atoms with Gasteiger partial charge >= 0.3 is 5.97 Å². The van der Waals surface area contributed by atoms with E-state index in [0.29, 0.717) is 5.92 Å². The zero-order valence-electron chi connectivity index (χ0n) is 10.1. The van der Waals surface area contributed by atoms with Crippen molar-refractivity contribution < 1.29 is 9.53 Å². The molecule has 3 rings (SSSR count). The molecule has 3 aliphatic rings. The third kappa shape index (κ3) is 1.50. The van der Waals surface area contributed by atoms with Gasteiger partial charge in [0.1, 0.15) is 6.10 Å². The lowest BCUT2D eigenvalue weighted by Gasteiger charge is -2.36. The fraction of sp³-hybridized carbons (Fsp3) is 0.786. The standard InChI is InChI=1S/C14H20O2/c1-8-3-4-10-6-12-9(2)16-14(15)13(12)7-11(10)5-8/h7-10,12-13H,3-6H2,1-2H3/t8?,9-,10?,12-,13+/m1/s1. The summed E-state index contributed by atoms with van der Waals surface area (Å²) >= 11 is 0. The van der Waals surface area contributed by atoms with Gasteiger partial charge in [0.05, 0.1) is 5.92 Å². The fourth-order valence-electron chi connectivity index (χ4n) is 3.72. The van der Waals surface area contributed by atoms with Gasteiger partial charge in [-0.3, -0.25) is 4.79 Å². The second-order valence-corrected chi connectivity index (χ2v) is 5.89. The lowest BCUT2D eigenvalue weighted by molar-refractivity contribution is -0.142. The smallest absolute Gasteiger partial charge is 0.313 e. The summed E-state index contributed by atoms with van der Waals surface area (Å²) in [5, 5.41) is 0. The SMILES string of the molecule is CC1CCC2C[C@H]3[C@H](C=C2C1)C(=O)O[C@@H]3C. The van der Waals surface area contributed by atoms with Crippen molar-refractivity contribution in [2.45, 2.75) is 45.6 Å². The molecule has 2 unspecified atom stereocenters. The number of esters is 1. The number of carbonyl (C=O) groups excluding carboxylic acids is 1. The molecule has 5 atom stereocenters. The monoisotopic (exact) mass is 220 g/mol. The van der Waals surface area contributed by atoms with Crippen molar-refractivity contribution in [2.24, 2.45) is 23.7 Å². The molecule has 0 amide bonds. The van der Waals surface area contributed by atoms with Crippen LogP contribution in [-0.4, -0.2) is 12.1 Å². The zero-order valence-corrected chi connectivity index (χ0v) is 10.1. The molecule has 0 aromatic carbocycles. The Hall–Kier alpha value is -0.790. The molecule has 2 nitrogen and oxygen atoms in total. The van der Waals surface area contributed by atoms with Crippen LogP contribution >= 0.6 is 0 Å². The van der Waals surface area contributed by atoms with Gasteiger partial charge in [-0.2, -0.15) is 0 Å². The lowest BCUT2D eigenvalue weighted by atomic mass is 9.67. The maximum absolute atomic E-state index is 11.7. The molecule has 0 aromatic heterocycles. The van der Waals surface area contributed by atoms with Crippen LogP contribution in [0.5, 0.6) is 0 Å². The number of ether oxygens (including phenoxy) is 1. The van der Waals surface area contributed by atoms with E-state index >= 15 is 0 Å². The number of allylic oxidation sites excluding steroid dienone is 1. The van der Waals surface area contributed by atoms with Gasteiger partial charge in [-0.25, -0.2) is 0 Å². The van der Waals surface area contributed by atoms with Crippen molar-refractivity contribution in [3.8, 4) is 0 Å². The van der Waals surface area contributed by atoms with E-state index in [1.165, 1.54) is 25.7 Å². The molecule has 1 heterocycles. The van der Waals surface area contributed by atoms with Gasteiger partial charge in [0, 0.05) is 5.92 Å². The van der Waals surface area contributed by atoms with Gasteiger partial charge in [0.15, 0.2) is 0 Å². The molecule has 0 radical (unpaired) electrons. The Morgan fingerprint density at radius 3 is 2.94 bits per heavy atom. The summed E-state index contributed by atoms with van der Waals surface area (Å²) in [7, 11) is 0. The van der Waals surface area contributed by atoms with Crippen LogP contribution in [0.25, 0.3) is 0 Å². The molecule has 2 fully saturated rings. The Labute approximate surface area is 97.1 Å². The van der Waals surface area contributed by atoms with Gasteiger partial charge in [0.2, 0.25) is 0 Å². The molecule has 0 bridgehead atoms. The number of hydrogen-bond donors (Lipinski definition) is 0. The molecule has 2 heteroatoms. The van der Waals surface area contributed by atoms with E-state index in [9.17, 15) is 4.79 Å². The minimum atomic E-state index is 0.0154. The highest BCUT2D eigenvalue weighted by Crippen LogP contribution is 2.46. The van der Waals surface area contributed by atoms with E-state index in [2.05, 4.69) is 13.0 Å². The third-order valence-corrected chi connectivity index (χ3v) is 4.71. The first-order chi connectivity index (χ1) is 7.65. The highest BCUT2D eigenvalue weighted by atomic mass is 16.6. The van der Waals surface area contributed by atoms with Crippen LogP contribution in [0.4, 0.5) is 0 Å². The Morgan fingerprint density at radius 2 is 2.12 bits per heavy atom. The average Bonchev–Trinajstić information content (AvgIpc) is 2.52. The second-order valence-electron chi connectivity index (χ2n) is 5.89. The molecular weight excluding hydrogens is 200 g/mol. The normalized spacial score (nSPS) is 46.8. The topological polar surface area (TPSA) is 26.3 Å². The molecule has 1 saturated carbocycles. The number of rotatable bonds is 0. The molecule has 0 spiro atoms. The predicted molar refractivity (Wildman–Crippen MR) is 61.7 cm³/mol. The number of carbonyl (C=O) groups is 1. The Kier molecular flexibility index (Phi) is 2.34. The van der Waals surface area contributed by atoms with E-state index in [-0.39, 0.29) is 18.0 Å². The molecule has 88 valence electrons. The lowest BCUT2D eigenvalue weighted by Crippen LogP contribution is -2.29. The second kappa shape index (κ2) is 3.61. The van der Waals surface area contributed by atoms with Crippen molar-refractivity contribution in [1.29, 1.82) is 0 Å². The van der Waals surface area contributed by atoms with Crippen molar-refractivity contribution in [2.75, 3.05) is 0 Å². The Balaban J connectivity index is 1.88. The summed E-state index contributed by atoms with van der Waals surface area (Å²) in [6.07, 6.45) is 7.43. The van der Waals surface area contributed by atoms with Crippen LogP contribution in [0, 0.1) is 23.7 Å². The minimum absolute atomic E-state index is 0.0154. The quantitative estimate of drug-likeness (QED) is 0.463. The van der Waals surface area contributed by atoms with E-state index in [1.807, 2.05) is 6.92 Å². The maximum Gasteiger partial charge on any atom is 0.313 e. The molecule has 1 aliphatic heterocycles. The van der Waals surface area contributed by atoms with Crippen molar-refractivity contribution >= 4 is 5.97 Å². The Bertz CT molecular complexity index is 345. The van der Waals surface area contributed by atoms with Crippen LogP contribution in [-0.2, 0) is 9.53 Å². The Morgan fingerprint density at radius 1 is 1.31 bits per heavy atom. The van der Waals surface area contributed by atoms with E-state index < -0.39 is 0 Å². The first kappa shape index (κ1) is 10.4. The highest BCUT2D eigenvalue weighted by Gasteiger charge is 2.45. The van der Waals surface area contributed by atoms with E-state index in [1.54, 1.807) is 5.57 Å². The van der Waals surface area contributed by atoms with Gasteiger partial charge in [-0.05, 0) is 44.4 Å². The van der Waals surface area contributed by atoms with Crippen LogP contribution < -0.4 is 0 Å². The van der Waals surface area contributed by atoms with Gasteiger partial charge in [0.25, 0.3) is 0 Å². The van der Waals surface area contributed by atoms with Gasteiger partial charge in [-0.15, -0.1) is 0 Å². The summed E-state index contributed by atoms with van der Waals surface area (Å²) in [5.74, 6) is 2.09. The molecule has 2 aliphatic carbocycles. The number of cyclic esters (lactones) is 1. The zero-order chi connectivity index (χ0) is 11.3. The average molecular weight is 220 g/mol. The third-order valence-electron chi connectivity index (χ3n) is 4.71. The largest absolute Gasteiger partial charge is 0.462 e. The summed E-state index contributed by atoms with van der Waals surface area (Å²) in [4.78, 5) is 11.7. The van der Waals surface area contributed by atoms with Gasteiger partial charge < -0.3 is 4.74 Å². The van der Waals surface area contributed by atoms with Crippen molar-refractivity contribution in [3.05, 3.63) is 11.6 Å².